The third-order valence-electron chi connectivity index (χ3n) is 4.09. The molecule has 0 saturated heterocycles. The molecule has 1 amide bonds. The van der Waals surface area contributed by atoms with Crippen molar-refractivity contribution in [3.05, 3.63) is 94.8 Å². The first-order valence-corrected chi connectivity index (χ1v) is 8.51. The molecule has 0 aliphatic heterocycles. The molecule has 4 heteroatoms. The lowest BCUT2D eigenvalue weighted by Crippen LogP contribution is -2.32. The smallest absolute Gasteiger partial charge is 0.231 e. The van der Waals surface area contributed by atoms with Gasteiger partial charge in [0, 0.05) is 16.9 Å². The molecule has 0 spiro atoms. The van der Waals surface area contributed by atoms with Crippen molar-refractivity contribution in [3.63, 3.8) is 0 Å². The van der Waals surface area contributed by atoms with Gasteiger partial charge in [0.15, 0.2) is 0 Å². The van der Waals surface area contributed by atoms with E-state index < -0.39 is 0 Å². The molecule has 0 aliphatic rings. The van der Waals surface area contributed by atoms with E-state index >= 15 is 0 Å². The van der Waals surface area contributed by atoms with Crippen molar-refractivity contribution in [1.29, 1.82) is 0 Å². The zero-order valence-corrected chi connectivity index (χ0v) is 14.8. The summed E-state index contributed by atoms with van der Waals surface area (Å²) in [4.78, 5) is 19.1. The standard InChI is InChI=1S/C21H19ClN2O/c1-16-6-2-3-7-17(16)14-21(25)24(15-19-8-4-5-13-23-19)20-11-9-18(22)10-12-20/h2-13H,14-15H2,1H3. The molecule has 3 nitrogen and oxygen atoms in total. The Hall–Kier alpha value is -2.65. The van der Waals surface area contributed by atoms with Crippen molar-refractivity contribution < 1.29 is 4.79 Å². The van der Waals surface area contributed by atoms with Crippen LogP contribution in [-0.4, -0.2) is 10.9 Å². The molecule has 2 aromatic carbocycles. The van der Waals surface area contributed by atoms with Gasteiger partial charge in [-0.3, -0.25) is 9.78 Å². The van der Waals surface area contributed by atoms with Gasteiger partial charge in [0.1, 0.15) is 0 Å². The monoisotopic (exact) mass is 350 g/mol. The van der Waals surface area contributed by atoms with Crippen LogP contribution in [0.5, 0.6) is 0 Å². The molecule has 25 heavy (non-hydrogen) atoms. The van der Waals surface area contributed by atoms with E-state index in [4.69, 9.17) is 11.6 Å². The number of pyridine rings is 1. The van der Waals surface area contributed by atoms with Crippen molar-refractivity contribution in [2.45, 2.75) is 19.9 Å². The number of anilines is 1. The summed E-state index contributed by atoms with van der Waals surface area (Å²) in [5.74, 6) is 0.0299. The van der Waals surface area contributed by atoms with Crippen LogP contribution in [0.4, 0.5) is 5.69 Å². The van der Waals surface area contributed by atoms with E-state index in [-0.39, 0.29) is 5.91 Å². The van der Waals surface area contributed by atoms with Crippen molar-refractivity contribution in [2.24, 2.45) is 0 Å². The Morgan fingerprint density at radius 1 is 1.00 bits per heavy atom. The average Bonchev–Trinajstić information content (AvgIpc) is 2.63. The largest absolute Gasteiger partial charge is 0.306 e. The Labute approximate surface area is 152 Å². The number of benzene rings is 2. The van der Waals surface area contributed by atoms with Gasteiger partial charge >= 0.3 is 0 Å². The number of halogens is 1. The number of hydrogen-bond acceptors (Lipinski definition) is 2. The Bertz CT molecular complexity index is 847. The lowest BCUT2D eigenvalue weighted by Gasteiger charge is -2.23. The summed E-state index contributed by atoms with van der Waals surface area (Å²) in [6, 6.07) is 21.0. The lowest BCUT2D eigenvalue weighted by atomic mass is 10.0. The van der Waals surface area contributed by atoms with Crippen molar-refractivity contribution in [2.75, 3.05) is 4.90 Å². The van der Waals surface area contributed by atoms with E-state index in [9.17, 15) is 4.79 Å². The fourth-order valence-corrected chi connectivity index (χ4v) is 2.79. The molecule has 0 fully saturated rings. The predicted octanol–water partition coefficient (Wildman–Crippen LogP) is 4.82. The van der Waals surface area contributed by atoms with Crippen LogP contribution in [0.15, 0.2) is 72.9 Å². The number of carbonyl (C=O) groups is 1. The third kappa shape index (κ3) is 4.46. The van der Waals surface area contributed by atoms with E-state index in [1.54, 1.807) is 23.2 Å². The molecule has 3 aromatic rings. The maximum atomic E-state index is 13.0. The molecule has 0 unspecified atom stereocenters. The van der Waals surface area contributed by atoms with Gasteiger partial charge in [0.05, 0.1) is 18.7 Å². The fourth-order valence-electron chi connectivity index (χ4n) is 2.66. The fraction of sp³-hybridized carbons (Fsp3) is 0.143. The van der Waals surface area contributed by atoms with Crippen LogP contribution in [-0.2, 0) is 17.8 Å². The zero-order chi connectivity index (χ0) is 17.6. The molecule has 0 saturated carbocycles. The summed E-state index contributed by atoms with van der Waals surface area (Å²) in [5, 5.41) is 0.646. The molecule has 126 valence electrons. The number of aromatic nitrogens is 1. The number of hydrogen-bond donors (Lipinski definition) is 0. The molecular formula is C21H19ClN2O. The van der Waals surface area contributed by atoms with E-state index in [2.05, 4.69) is 4.98 Å². The number of aryl methyl sites for hydroxylation is 1. The third-order valence-corrected chi connectivity index (χ3v) is 4.34. The van der Waals surface area contributed by atoms with Crippen LogP contribution >= 0.6 is 11.6 Å². The van der Waals surface area contributed by atoms with Gasteiger partial charge < -0.3 is 4.90 Å². The van der Waals surface area contributed by atoms with Crippen LogP contribution < -0.4 is 4.90 Å². The summed E-state index contributed by atoms with van der Waals surface area (Å²) in [7, 11) is 0. The Balaban J connectivity index is 1.88. The quantitative estimate of drug-likeness (QED) is 0.661. The van der Waals surface area contributed by atoms with E-state index in [1.165, 1.54) is 0 Å². The Kier molecular flexibility index (Phi) is 5.46. The van der Waals surface area contributed by atoms with Crippen molar-refractivity contribution >= 4 is 23.2 Å². The molecule has 3 rings (SSSR count). The van der Waals surface area contributed by atoms with Gasteiger partial charge in [-0.25, -0.2) is 0 Å². The van der Waals surface area contributed by atoms with Gasteiger partial charge in [0.25, 0.3) is 0 Å². The van der Waals surface area contributed by atoms with Gasteiger partial charge in [-0.1, -0.05) is 41.9 Å². The van der Waals surface area contributed by atoms with Crippen LogP contribution in [0.25, 0.3) is 0 Å². The molecule has 1 aromatic heterocycles. The van der Waals surface area contributed by atoms with Crippen molar-refractivity contribution in [3.8, 4) is 0 Å². The molecule has 0 aliphatic carbocycles. The SMILES string of the molecule is Cc1ccccc1CC(=O)N(Cc1ccccn1)c1ccc(Cl)cc1. The summed E-state index contributed by atoms with van der Waals surface area (Å²) in [5.41, 5.74) is 3.81. The highest BCUT2D eigenvalue weighted by atomic mass is 35.5. The highest BCUT2D eigenvalue weighted by molar-refractivity contribution is 6.30. The minimum Gasteiger partial charge on any atom is -0.306 e. The van der Waals surface area contributed by atoms with Crippen LogP contribution in [0.2, 0.25) is 5.02 Å². The Morgan fingerprint density at radius 3 is 2.40 bits per heavy atom. The van der Waals surface area contributed by atoms with Gasteiger partial charge in [-0.2, -0.15) is 0 Å². The number of rotatable bonds is 5. The average molecular weight is 351 g/mol. The van der Waals surface area contributed by atoms with Gasteiger partial charge in [0.2, 0.25) is 5.91 Å². The molecule has 0 N–H and O–H groups in total. The minimum absolute atomic E-state index is 0.0299. The summed E-state index contributed by atoms with van der Waals surface area (Å²) < 4.78 is 0. The second-order valence-electron chi connectivity index (χ2n) is 5.88. The number of amides is 1. The predicted molar refractivity (Wildman–Crippen MR) is 102 cm³/mol. The molecule has 0 atom stereocenters. The van der Waals surface area contributed by atoms with E-state index in [0.717, 1.165) is 22.5 Å². The van der Waals surface area contributed by atoms with E-state index in [0.29, 0.717) is 18.0 Å². The summed E-state index contributed by atoms with van der Waals surface area (Å²) in [6.45, 7) is 2.45. The highest BCUT2D eigenvalue weighted by Crippen LogP contribution is 2.21. The second-order valence-corrected chi connectivity index (χ2v) is 6.32. The van der Waals surface area contributed by atoms with Crippen molar-refractivity contribution in [1.82, 2.24) is 4.98 Å². The molecule has 1 heterocycles. The first-order chi connectivity index (χ1) is 12.1. The lowest BCUT2D eigenvalue weighted by molar-refractivity contribution is -0.118. The Morgan fingerprint density at radius 2 is 1.72 bits per heavy atom. The maximum Gasteiger partial charge on any atom is 0.231 e. The number of carbonyl (C=O) groups excluding carboxylic acids is 1. The van der Waals surface area contributed by atoms with Crippen LogP contribution in [0, 0.1) is 6.92 Å². The normalized spacial score (nSPS) is 10.5. The maximum absolute atomic E-state index is 13.0. The topological polar surface area (TPSA) is 33.2 Å². The van der Waals surface area contributed by atoms with Crippen LogP contribution in [0.1, 0.15) is 16.8 Å². The van der Waals surface area contributed by atoms with Crippen LogP contribution in [0.3, 0.4) is 0 Å². The van der Waals surface area contributed by atoms with Gasteiger partial charge in [-0.15, -0.1) is 0 Å². The second kappa shape index (κ2) is 7.95. The van der Waals surface area contributed by atoms with E-state index in [1.807, 2.05) is 61.5 Å². The highest BCUT2D eigenvalue weighted by Gasteiger charge is 2.18. The first kappa shape index (κ1) is 17.2. The molecule has 0 bridgehead atoms. The molecular weight excluding hydrogens is 332 g/mol. The summed E-state index contributed by atoms with van der Waals surface area (Å²) in [6.07, 6.45) is 2.09. The van der Waals surface area contributed by atoms with Gasteiger partial charge in [-0.05, 0) is 54.4 Å². The number of nitrogens with zero attached hydrogens (tertiary/aromatic N) is 2. The minimum atomic E-state index is 0.0299. The summed E-state index contributed by atoms with van der Waals surface area (Å²) >= 11 is 5.99. The molecule has 0 radical (unpaired) electrons. The zero-order valence-electron chi connectivity index (χ0n) is 14.0. The first-order valence-electron chi connectivity index (χ1n) is 8.14.